The Morgan fingerprint density at radius 3 is 3.08 bits per heavy atom. The van der Waals surface area contributed by atoms with Crippen LogP contribution in [-0.2, 0) is 0 Å². The lowest BCUT2D eigenvalue weighted by Crippen LogP contribution is -2.06. The Morgan fingerprint density at radius 2 is 2.31 bits per heavy atom. The molecule has 0 fully saturated rings. The molecule has 0 unspecified atom stereocenters. The van der Waals surface area contributed by atoms with E-state index < -0.39 is 0 Å². The number of rotatable bonds is 1. The SMILES string of the molecule is OCC1=CCOc2ccc(Cl)cc21. The van der Waals surface area contributed by atoms with Gasteiger partial charge in [-0.15, -0.1) is 0 Å². The zero-order chi connectivity index (χ0) is 9.26. The minimum absolute atomic E-state index is 0.0245. The van der Waals surface area contributed by atoms with Crippen molar-refractivity contribution in [2.24, 2.45) is 0 Å². The largest absolute Gasteiger partial charge is 0.489 e. The van der Waals surface area contributed by atoms with Gasteiger partial charge in [-0.2, -0.15) is 0 Å². The fourth-order valence-corrected chi connectivity index (χ4v) is 1.54. The number of aliphatic hydroxyl groups excluding tert-OH is 1. The maximum atomic E-state index is 9.06. The Hall–Kier alpha value is -0.990. The summed E-state index contributed by atoms with van der Waals surface area (Å²) >= 11 is 5.83. The number of halogens is 1. The normalized spacial score (nSPS) is 14.5. The molecule has 1 aromatic carbocycles. The van der Waals surface area contributed by atoms with Crippen LogP contribution in [0, 0.1) is 0 Å². The standard InChI is InChI=1S/C10H9ClO2/c11-8-1-2-10-9(5-8)7(6-12)3-4-13-10/h1-3,5,12H,4,6H2. The summed E-state index contributed by atoms with van der Waals surface area (Å²) in [6.07, 6.45) is 1.86. The van der Waals surface area contributed by atoms with E-state index in [2.05, 4.69) is 0 Å². The van der Waals surface area contributed by atoms with Crippen LogP contribution in [0.3, 0.4) is 0 Å². The molecule has 0 spiro atoms. The Labute approximate surface area is 81.4 Å². The lowest BCUT2D eigenvalue weighted by molar-refractivity contribution is 0.333. The highest BCUT2D eigenvalue weighted by Crippen LogP contribution is 2.31. The number of hydrogen-bond acceptors (Lipinski definition) is 2. The summed E-state index contributed by atoms with van der Waals surface area (Å²) < 4.78 is 5.36. The van der Waals surface area contributed by atoms with E-state index in [4.69, 9.17) is 21.4 Å². The fourth-order valence-electron chi connectivity index (χ4n) is 1.37. The summed E-state index contributed by atoms with van der Waals surface area (Å²) in [5.74, 6) is 0.788. The van der Waals surface area contributed by atoms with Gasteiger partial charge in [-0.25, -0.2) is 0 Å². The van der Waals surface area contributed by atoms with Gasteiger partial charge in [0.1, 0.15) is 12.4 Å². The number of ether oxygens (including phenoxy) is 1. The second-order valence-corrected chi connectivity index (χ2v) is 3.28. The van der Waals surface area contributed by atoms with Crippen molar-refractivity contribution in [1.29, 1.82) is 0 Å². The average Bonchev–Trinajstić information content (AvgIpc) is 2.17. The first-order chi connectivity index (χ1) is 6.31. The quantitative estimate of drug-likeness (QED) is 0.746. The molecule has 1 aliphatic rings. The van der Waals surface area contributed by atoms with Crippen LogP contribution in [0.1, 0.15) is 5.56 Å². The molecule has 0 amide bonds. The van der Waals surface area contributed by atoms with Crippen LogP contribution >= 0.6 is 11.6 Å². The molecule has 1 aliphatic heterocycles. The second-order valence-electron chi connectivity index (χ2n) is 2.84. The Morgan fingerprint density at radius 1 is 1.46 bits per heavy atom. The molecule has 0 atom stereocenters. The molecule has 0 saturated heterocycles. The van der Waals surface area contributed by atoms with E-state index in [0.29, 0.717) is 11.6 Å². The van der Waals surface area contributed by atoms with Crippen molar-refractivity contribution >= 4 is 17.2 Å². The zero-order valence-electron chi connectivity index (χ0n) is 6.96. The van der Waals surface area contributed by atoms with Gasteiger partial charge in [0, 0.05) is 10.6 Å². The van der Waals surface area contributed by atoms with Crippen molar-refractivity contribution in [3.05, 3.63) is 34.9 Å². The Kier molecular flexibility index (Phi) is 2.25. The third-order valence-electron chi connectivity index (χ3n) is 2.03. The molecule has 1 heterocycles. The lowest BCUT2D eigenvalue weighted by atomic mass is 10.0. The number of benzene rings is 1. The van der Waals surface area contributed by atoms with Crippen molar-refractivity contribution in [2.75, 3.05) is 13.2 Å². The maximum absolute atomic E-state index is 9.06. The van der Waals surface area contributed by atoms with E-state index in [-0.39, 0.29) is 6.61 Å². The van der Waals surface area contributed by atoms with Gasteiger partial charge in [-0.05, 0) is 29.8 Å². The van der Waals surface area contributed by atoms with E-state index in [1.807, 2.05) is 12.1 Å². The summed E-state index contributed by atoms with van der Waals surface area (Å²) in [5, 5.41) is 9.72. The molecular weight excluding hydrogens is 188 g/mol. The van der Waals surface area contributed by atoms with E-state index in [9.17, 15) is 0 Å². The van der Waals surface area contributed by atoms with E-state index >= 15 is 0 Å². The Bertz CT molecular complexity index is 358. The van der Waals surface area contributed by atoms with Gasteiger partial charge in [-0.1, -0.05) is 11.6 Å². The van der Waals surface area contributed by atoms with Gasteiger partial charge in [-0.3, -0.25) is 0 Å². The first-order valence-corrected chi connectivity index (χ1v) is 4.41. The summed E-state index contributed by atoms with van der Waals surface area (Å²) in [4.78, 5) is 0. The topological polar surface area (TPSA) is 29.5 Å². The van der Waals surface area contributed by atoms with Gasteiger partial charge < -0.3 is 9.84 Å². The third-order valence-corrected chi connectivity index (χ3v) is 2.26. The zero-order valence-corrected chi connectivity index (χ0v) is 7.71. The van der Waals surface area contributed by atoms with Crippen LogP contribution in [0.25, 0.3) is 5.57 Å². The van der Waals surface area contributed by atoms with Gasteiger partial charge in [0.15, 0.2) is 0 Å². The predicted molar refractivity (Wildman–Crippen MR) is 52.0 cm³/mol. The van der Waals surface area contributed by atoms with Crippen LogP contribution < -0.4 is 4.74 Å². The number of hydrogen-bond donors (Lipinski definition) is 1. The van der Waals surface area contributed by atoms with Gasteiger partial charge >= 0.3 is 0 Å². The van der Waals surface area contributed by atoms with E-state index in [1.54, 1.807) is 12.1 Å². The molecule has 13 heavy (non-hydrogen) atoms. The molecule has 2 rings (SSSR count). The third kappa shape index (κ3) is 1.55. The maximum Gasteiger partial charge on any atom is 0.127 e. The minimum atomic E-state index is 0.0245. The summed E-state index contributed by atoms with van der Waals surface area (Å²) in [6, 6.07) is 5.40. The summed E-state index contributed by atoms with van der Waals surface area (Å²) in [6.45, 7) is 0.543. The van der Waals surface area contributed by atoms with Crippen LogP contribution in [0.5, 0.6) is 5.75 Å². The molecule has 2 nitrogen and oxygen atoms in total. The molecule has 0 radical (unpaired) electrons. The number of aliphatic hydroxyl groups is 1. The van der Waals surface area contributed by atoms with Crippen molar-refractivity contribution < 1.29 is 9.84 Å². The molecule has 68 valence electrons. The molecule has 0 bridgehead atoms. The van der Waals surface area contributed by atoms with Crippen molar-refractivity contribution in [2.45, 2.75) is 0 Å². The number of fused-ring (bicyclic) bond motifs is 1. The summed E-state index contributed by atoms with van der Waals surface area (Å²) in [5.41, 5.74) is 1.77. The lowest BCUT2D eigenvalue weighted by Gasteiger charge is -2.17. The van der Waals surface area contributed by atoms with E-state index in [0.717, 1.165) is 16.9 Å². The molecule has 1 N–H and O–H groups in total. The molecule has 1 aromatic rings. The van der Waals surface area contributed by atoms with E-state index in [1.165, 1.54) is 0 Å². The molecule has 3 heteroatoms. The van der Waals surface area contributed by atoms with Crippen LogP contribution in [0.15, 0.2) is 24.3 Å². The van der Waals surface area contributed by atoms with Crippen molar-refractivity contribution in [1.82, 2.24) is 0 Å². The van der Waals surface area contributed by atoms with Gasteiger partial charge in [0.25, 0.3) is 0 Å². The highest BCUT2D eigenvalue weighted by atomic mass is 35.5. The average molecular weight is 197 g/mol. The second kappa shape index (κ2) is 3.40. The van der Waals surface area contributed by atoms with Crippen LogP contribution in [0.4, 0.5) is 0 Å². The monoisotopic (exact) mass is 196 g/mol. The Balaban J connectivity index is 2.51. The molecule has 0 aliphatic carbocycles. The van der Waals surface area contributed by atoms with Crippen molar-refractivity contribution in [3.63, 3.8) is 0 Å². The molecule has 0 aromatic heterocycles. The minimum Gasteiger partial charge on any atom is -0.489 e. The van der Waals surface area contributed by atoms with Gasteiger partial charge in [0.2, 0.25) is 0 Å². The fraction of sp³-hybridized carbons (Fsp3) is 0.200. The highest BCUT2D eigenvalue weighted by Gasteiger charge is 2.12. The summed E-state index contributed by atoms with van der Waals surface area (Å²) in [7, 11) is 0. The first kappa shape index (κ1) is 8.60. The predicted octanol–water partition coefficient (Wildman–Crippen LogP) is 2.11. The molecule has 0 saturated carbocycles. The van der Waals surface area contributed by atoms with Crippen LogP contribution in [0.2, 0.25) is 5.02 Å². The first-order valence-electron chi connectivity index (χ1n) is 4.04. The van der Waals surface area contributed by atoms with Crippen LogP contribution in [-0.4, -0.2) is 18.3 Å². The highest BCUT2D eigenvalue weighted by molar-refractivity contribution is 6.30. The smallest absolute Gasteiger partial charge is 0.127 e. The van der Waals surface area contributed by atoms with Crippen molar-refractivity contribution in [3.8, 4) is 5.75 Å². The van der Waals surface area contributed by atoms with Gasteiger partial charge in [0.05, 0.1) is 6.61 Å². The molecular formula is C10H9ClO2.